The Bertz CT molecular complexity index is 806. The summed E-state index contributed by atoms with van der Waals surface area (Å²) >= 11 is 0. The number of rotatable bonds is 9. The zero-order chi connectivity index (χ0) is 20.4. The SMILES string of the molecule is C=CC(=O)[C@H](C)NC(=O)[C@@H](Cc1ccccc1)NC(=O)OCc1ccccc1. The van der Waals surface area contributed by atoms with Gasteiger partial charge in [-0.3, -0.25) is 9.59 Å². The van der Waals surface area contributed by atoms with Gasteiger partial charge in [-0.25, -0.2) is 4.79 Å². The second-order valence-corrected chi connectivity index (χ2v) is 6.29. The molecule has 6 heteroatoms. The number of amides is 2. The van der Waals surface area contributed by atoms with E-state index in [1.807, 2.05) is 60.7 Å². The Kier molecular flexibility index (Phi) is 7.96. The number of ether oxygens (including phenoxy) is 1. The summed E-state index contributed by atoms with van der Waals surface area (Å²) in [5.74, 6) is -0.776. The summed E-state index contributed by atoms with van der Waals surface area (Å²) in [7, 11) is 0. The molecule has 0 fully saturated rings. The lowest BCUT2D eigenvalue weighted by atomic mass is 10.0. The van der Waals surface area contributed by atoms with Gasteiger partial charge >= 0.3 is 6.09 Å². The Labute approximate surface area is 164 Å². The number of alkyl carbamates (subject to hydrolysis) is 1. The molecule has 0 bridgehead atoms. The molecule has 0 radical (unpaired) electrons. The molecule has 2 atom stereocenters. The van der Waals surface area contributed by atoms with Gasteiger partial charge in [-0.1, -0.05) is 67.2 Å². The van der Waals surface area contributed by atoms with Crippen LogP contribution in [0.3, 0.4) is 0 Å². The molecule has 2 rings (SSSR count). The van der Waals surface area contributed by atoms with Crippen LogP contribution in [0.15, 0.2) is 73.3 Å². The predicted octanol–water partition coefficient (Wildman–Crippen LogP) is 2.78. The molecular weight excluding hydrogens is 356 g/mol. The molecule has 2 aromatic rings. The Morgan fingerprint density at radius 2 is 1.54 bits per heavy atom. The molecule has 2 N–H and O–H groups in total. The van der Waals surface area contributed by atoms with Gasteiger partial charge in [0.25, 0.3) is 0 Å². The number of benzene rings is 2. The van der Waals surface area contributed by atoms with E-state index in [1.165, 1.54) is 0 Å². The largest absolute Gasteiger partial charge is 0.445 e. The highest BCUT2D eigenvalue weighted by Crippen LogP contribution is 2.06. The first kappa shape index (κ1) is 20.9. The van der Waals surface area contributed by atoms with E-state index in [-0.39, 0.29) is 18.8 Å². The van der Waals surface area contributed by atoms with Crippen LogP contribution in [0.5, 0.6) is 0 Å². The summed E-state index contributed by atoms with van der Waals surface area (Å²) in [6, 6.07) is 16.9. The highest BCUT2D eigenvalue weighted by atomic mass is 16.5. The number of carbonyl (C=O) groups is 3. The topological polar surface area (TPSA) is 84.5 Å². The van der Waals surface area contributed by atoms with E-state index in [0.29, 0.717) is 0 Å². The molecule has 0 saturated heterocycles. The van der Waals surface area contributed by atoms with Gasteiger partial charge in [-0.05, 0) is 24.1 Å². The van der Waals surface area contributed by atoms with Crippen LogP contribution in [-0.2, 0) is 27.4 Å². The first-order valence-corrected chi connectivity index (χ1v) is 8.97. The summed E-state index contributed by atoms with van der Waals surface area (Å²) in [6.07, 6.45) is 0.712. The molecule has 0 aliphatic rings. The molecule has 0 aromatic heterocycles. The van der Waals surface area contributed by atoms with Gasteiger partial charge in [0.1, 0.15) is 12.6 Å². The van der Waals surface area contributed by atoms with Crippen molar-refractivity contribution in [1.82, 2.24) is 10.6 Å². The molecule has 146 valence electrons. The van der Waals surface area contributed by atoms with Gasteiger partial charge < -0.3 is 15.4 Å². The average molecular weight is 380 g/mol. The standard InChI is InChI=1S/C22H24N2O4/c1-3-20(25)16(2)23-21(26)19(14-17-10-6-4-7-11-17)24-22(27)28-15-18-12-8-5-9-13-18/h3-13,16,19H,1,14-15H2,2H3,(H,23,26)(H,24,27)/t16-,19+/m0/s1. The first-order chi connectivity index (χ1) is 13.5. The molecule has 0 heterocycles. The summed E-state index contributed by atoms with van der Waals surface area (Å²) in [5.41, 5.74) is 1.71. The minimum atomic E-state index is -0.884. The van der Waals surface area contributed by atoms with Crippen LogP contribution >= 0.6 is 0 Å². The second-order valence-electron chi connectivity index (χ2n) is 6.29. The van der Waals surface area contributed by atoms with Crippen molar-refractivity contribution in [3.05, 3.63) is 84.4 Å². The van der Waals surface area contributed by atoms with E-state index in [2.05, 4.69) is 17.2 Å². The van der Waals surface area contributed by atoms with E-state index < -0.39 is 24.1 Å². The van der Waals surface area contributed by atoms with Gasteiger partial charge in [0, 0.05) is 6.42 Å². The van der Waals surface area contributed by atoms with Crippen molar-refractivity contribution < 1.29 is 19.1 Å². The minimum absolute atomic E-state index is 0.0949. The van der Waals surface area contributed by atoms with Crippen LogP contribution in [-0.4, -0.2) is 29.9 Å². The summed E-state index contributed by atoms with van der Waals surface area (Å²) < 4.78 is 5.21. The minimum Gasteiger partial charge on any atom is -0.445 e. The monoisotopic (exact) mass is 380 g/mol. The summed E-state index contributed by atoms with van der Waals surface area (Å²) in [4.78, 5) is 36.5. The molecule has 2 amide bonds. The Hall–Kier alpha value is -3.41. The Morgan fingerprint density at radius 3 is 2.11 bits per heavy atom. The fraction of sp³-hybridized carbons (Fsp3) is 0.227. The van der Waals surface area contributed by atoms with Crippen molar-refractivity contribution >= 4 is 17.8 Å². The van der Waals surface area contributed by atoms with Crippen LogP contribution in [0, 0.1) is 0 Å². The normalized spacial score (nSPS) is 12.3. The van der Waals surface area contributed by atoms with Crippen LogP contribution in [0.25, 0.3) is 0 Å². The predicted molar refractivity (Wildman–Crippen MR) is 107 cm³/mol. The van der Waals surface area contributed by atoms with E-state index >= 15 is 0 Å². The molecular formula is C22H24N2O4. The van der Waals surface area contributed by atoms with Gasteiger partial charge in [0.15, 0.2) is 5.78 Å². The van der Waals surface area contributed by atoms with Gasteiger partial charge in [0.2, 0.25) is 5.91 Å². The highest BCUT2D eigenvalue weighted by Gasteiger charge is 2.24. The zero-order valence-corrected chi connectivity index (χ0v) is 15.8. The number of nitrogens with one attached hydrogen (secondary N) is 2. The van der Waals surface area contributed by atoms with Crippen molar-refractivity contribution in [3.63, 3.8) is 0 Å². The molecule has 0 aliphatic carbocycles. The molecule has 0 spiro atoms. The van der Waals surface area contributed by atoms with Crippen LogP contribution in [0.1, 0.15) is 18.1 Å². The smallest absolute Gasteiger partial charge is 0.408 e. The lowest BCUT2D eigenvalue weighted by molar-refractivity contribution is -0.127. The lowest BCUT2D eigenvalue weighted by Crippen LogP contribution is -2.51. The van der Waals surface area contributed by atoms with Gasteiger partial charge in [-0.15, -0.1) is 0 Å². The van der Waals surface area contributed by atoms with E-state index in [1.54, 1.807) is 6.92 Å². The number of hydrogen-bond acceptors (Lipinski definition) is 4. The zero-order valence-electron chi connectivity index (χ0n) is 15.8. The summed E-state index contributed by atoms with van der Waals surface area (Å²) in [5, 5.41) is 5.19. The molecule has 28 heavy (non-hydrogen) atoms. The maximum absolute atomic E-state index is 12.6. The Morgan fingerprint density at radius 1 is 0.964 bits per heavy atom. The first-order valence-electron chi connectivity index (χ1n) is 8.97. The van der Waals surface area contributed by atoms with Crippen molar-refractivity contribution in [2.75, 3.05) is 0 Å². The third kappa shape index (κ3) is 6.72. The molecule has 0 saturated carbocycles. The van der Waals surface area contributed by atoms with Crippen molar-refractivity contribution in [2.45, 2.75) is 32.0 Å². The van der Waals surface area contributed by atoms with E-state index in [4.69, 9.17) is 4.74 Å². The van der Waals surface area contributed by atoms with Crippen LogP contribution in [0.2, 0.25) is 0 Å². The maximum Gasteiger partial charge on any atom is 0.408 e. The van der Waals surface area contributed by atoms with Gasteiger partial charge in [-0.2, -0.15) is 0 Å². The maximum atomic E-state index is 12.6. The molecule has 0 unspecified atom stereocenters. The second kappa shape index (κ2) is 10.7. The number of carbonyl (C=O) groups excluding carboxylic acids is 3. The van der Waals surface area contributed by atoms with Crippen molar-refractivity contribution in [3.8, 4) is 0 Å². The highest BCUT2D eigenvalue weighted by molar-refractivity contribution is 5.97. The molecule has 0 aliphatic heterocycles. The number of ketones is 1. The molecule has 6 nitrogen and oxygen atoms in total. The fourth-order valence-electron chi connectivity index (χ4n) is 2.53. The Balaban J connectivity index is 2.02. The molecule has 2 aromatic carbocycles. The van der Waals surface area contributed by atoms with Gasteiger partial charge in [0.05, 0.1) is 6.04 Å². The third-order valence-corrected chi connectivity index (χ3v) is 4.09. The lowest BCUT2D eigenvalue weighted by Gasteiger charge is -2.20. The fourth-order valence-corrected chi connectivity index (χ4v) is 2.53. The van der Waals surface area contributed by atoms with Crippen LogP contribution < -0.4 is 10.6 Å². The quantitative estimate of drug-likeness (QED) is 0.655. The van der Waals surface area contributed by atoms with E-state index in [9.17, 15) is 14.4 Å². The van der Waals surface area contributed by atoms with Crippen LogP contribution in [0.4, 0.5) is 4.79 Å². The van der Waals surface area contributed by atoms with Crippen molar-refractivity contribution in [2.24, 2.45) is 0 Å². The van der Waals surface area contributed by atoms with Crippen molar-refractivity contribution in [1.29, 1.82) is 0 Å². The number of hydrogen-bond donors (Lipinski definition) is 2. The third-order valence-electron chi connectivity index (χ3n) is 4.09. The average Bonchev–Trinajstić information content (AvgIpc) is 2.72. The summed E-state index contributed by atoms with van der Waals surface area (Å²) in [6.45, 7) is 5.07. The van der Waals surface area contributed by atoms with E-state index in [0.717, 1.165) is 17.2 Å².